The molecule has 2 aliphatic rings. The van der Waals surface area contributed by atoms with Crippen LogP contribution >= 0.6 is 0 Å². The highest BCUT2D eigenvalue weighted by atomic mass is 15.1. The second-order valence-corrected chi connectivity index (χ2v) is 1.30. The van der Waals surface area contributed by atoms with Crippen molar-refractivity contribution in [2.75, 3.05) is 0 Å². The highest BCUT2D eigenvalue weighted by molar-refractivity contribution is 5.04. The molecule has 0 saturated heterocycles. The van der Waals surface area contributed by atoms with E-state index in [1.165, 1.54) is 0 Å². The summed E-state index contributed by atoms with van der Waals surface area (Å²) in [5.74, 6) is 0. The lowest BCUT2D eigenvalue weighted by molar-refractivity contribution is 0.864. The van der Waals surface area contributed by atoms with E-state index in [1.807, 2.05) is 12.1 Å². The van der Waals surface area contributed by atoms with Crippen molar-refractivity contribution in [1.82, 2.24) is 10.2 Å². The summed E-state index contributed by atoms with van der Waals surface area (Å²) in [7, 11) is 0. The fourth-order valence-corrected chi connectivity index (χ4v) is 0.465. The Balaban J connectivity index is 3.30. The Bertz CT molecular complexity index is 202. The third-order valence-corrected chi connectivity index (χ3v) is 0.927. The van der Waals surface area contributed by atoms with Gasteiger partial charge in [-0.3, -0.25) is 0 Å². The van der Waals surface area contributed by atoms with Gasteiger partial charge in [-0.15, -0.1) is 10.2 Å². The molecule has 0 atom stereocenters. The van der Waals surface area contributed by atoms with Gasteiger partial charge in [0, 0.05) is 0 Å². The van der Waals surface area contributed by atoms with Crippen molar-refractivity contribution in [2.24, 2.45) is 0 Å². The SMILES string of the molecule is c1cc2nnc1=2. The van der Waals surface area contributed by atoms with Crippen LogP contribution in [0.4, 0.5) is 0 Å². The lowest BCUT2D eigenvalue weighted by Gasteiger charge is -1.92. The molecule has 1 heterocycles. The minimum atomic E-state index is 1.06. The minimum Gasteiger partial charge on any atom is -0.148 e. The first-order valence-electron chi connectivity index (χ1n) is 1.81. The van der Waals surface area contributed by atoms with Gasteiger partial charge in [0.25, 0.3) is 0 Å². The van der Waals surface area contributed by atoms with Gasteiger partial charge >= 0.3 is 0 Å². The van der Waals surface area contributed by atoms with Gasteiger partial charge in [-0.05, 0) is 12.1 Å². The first-order chi connectivity index (χ1) is 2.97. The maximum atomic E-state index is 3.66. The summed E-state index contributed by atoms with van der Waals surface area (Å²) in [5, 5.41) is 9.44. The van der Waals surface area contributed by atoms with Crippen LogP contribution in [0.15, 0.2) is 12.1 Å². The summed E-state index contributed by atoms with van der Waals surface area (Å²) in [5.41, 5.74) is 0. The summed E-state index contributed by atoms with van der Waals surface area (Å²) in [6, 6.07) is 3.89. The third kappa shape index (κ3) is 0.0779. The quantitative estimate of drug-likeness (QED) is 0.446. The monoisotopic (exact) mass is 78.0 g/mol. The summed E-state index contributed by atoms with van der Waals surface area (Å²) in [6.07, 6.45) is 0. The van der Waals surface area contributed by atoms with Gasteiger partial charge in [0.15, 0.2) is 0 Å². The zero-order chi connectivity index (χ0) is 3.98. The normalized spacial score (nSPS) is 11.3. The van der Waals surface area contributed by atoms with Gasteiger partial charge in [-0.1, -0.05) is 0 Å². The summed E-state index contributed by atoms with van der Waals surface area (Å²) in [6.45, 7) is 0. The Morgan fingerprint density at radius 3 is 1.50 bits per heavy atom. The lowest BCUT2D eigenvalue weighted by Crippen LogP contribution is -1.96. The summed E-state index contributed by atoms with van der Waals surface area (Å²) >= 11 is 0. The maximum Gasteiger partial charge on any atom is 0.113 e. The van der Waals surface area contributed by atoms with E-state index < -0.39 is 0 Å². The zero-order valence-corrected chi connectivity index (χ0v) is 3.05. The van der Waals surface area contributed by atoms with Crippen molar-refractivity contribution in [3.05, 3.63) is 22.8 Å². The van der Waals surface area contributed by atoms with E-state index in [4.69, 9.17) is 0 Å². The van der Waals surface area contributed by atoms with Crippen LogP contribution in [0.5, 0.6) is 0 Å². The van der Waals surface area contributed by atoms with E-state index in [1.54, 1.807) is 0 Å². The molecule has 0 saturated carbocycles. The largest absolute Gasteiger partial charge is 0.148 e. The molecule has 2 heteroatoms. The third-order valence-electron chi connectivity index (χ3n) is 0.927. The molecule has 0 amide bonds. The molecule has 0 aromatic heterocycles. The zero-order valence-electron chi connectivity index (χ0n) is 3.05. The van der Waals surface area contributed by atoms with Crippen molar-refractivity contribution < 1.29 is 0 Å². The Labute approximate surface area is 34.1 Å². The van der Waals surface area contributed by atoms with Gasteiger partial charge < -0.3 is 0 Å². The van der Waals surface area contributed by atoms with Crippen molar-refractivity contribution in [3.8, 4) is 0 Å². The second-order valence-electron chi connectivity index (χ2n) is 1.30. The van der Waals surface area contributed by atoms with Gasteiger partial charge in [0.05, 0.1) is 0 Å². The molecule has 0 radical (unpaired) electrons. The van der Waals surface area contributed by atoms with Crippen molar-refractivity contribution in [1.29, 1.82) is 0 Å². The van der Waals surface area contributed by atoms with Crippen LogP contribution in [-0.2, 0) is 0 Å². The van der Waals surface area contributed by atoms with Crippen LogP contribution in [0.1, 0.15) is 0 Å². The van der Waals surface area contributed by atoms with E-state index >= 15 is 0 Å². The predicted octanol–water partition coefficient (Wildman–Crippen LogP) is 0.0770. The topological polar surface area (TPSA) is 25.8 Å². The average molecular weight is 78.1 g/mol. The standard InChI is InChI=1S/C4H2N2/c1-2-4-3(1)5-6-4/h1-2H. The van der Waals surface area contributed by atoms with Crippen molar-refractivity contribution in [2.45, 2.75) is 0 Å². The van der Waals surface area contributed by atoms with E-state index in [-0.39, 0.29) is 0 Å². The Morgan fingerprint density at radius 2 is 1.50 bits per heavy atom. The molecular weight excluding hydrogens is 76.1 g/mol. The number of aromatic nitrogens is 2. The van der Waals surface area contributed by atoms with Crippen LogP contribution in [0.2, 0.25) is 0 Å². The Hall–Kier alpha value is -0.920. The van der Waals surface area contributed by atoms with Gasteiger partial charge in [0.1, 0.15) is 10.7 Å². The predicted molar refractivity (Wildman–Crippen MR) is 19.7 cm³/mol. The maximum absolute atomic E-state index is 3.66. The van der Waals surface area contributed by atoms with Gasteiger partial charge in [-0.25, -0.2) is 0 Å². The molecule has 2 nitrogen and oxygen atoms in total. The molecule has 1 aliphatic carbocycles. The second kappa shape index (κ2) is 0.469. The van der Waals surface area contributed by atoms with Crippen molar-refractivity contribution >= 4 is 0 Å². The Kier molecular flexibility index (Phi) is 0.179. The smallest absolute Gasteiger partial charge is 0.113 e. The fourth-order valence-electron chi connectivity index (χ4n) is 0.465. The summed E-state index contributed by atoms with van der Waals surface area (Å²) < 4.78 is 0. The van der Waals surface area contributed by atoms with Gasteiger partial charge in [0.2, 0.25) is 0 Å². The van der Waals surface area contributed by atoms with E-state index in [0.717, 1.165) is 10.7 Å². The highest BCUT2D eigenvalue weighted by Crippen LogP contribution is 1.94. The minimum absolute atomic E-state index is 1.06. The van der Waals surface area contributed by atoms with Crippen LogP contribution in [0.3, 0.4) is 0 Å². The summed E-state index contributed by atoms with van der Waals surface area (Å²) in [4.78, 5) is 0. The molecule has 0 bridgehead atoms. The molecule has 2 rings (SSSR count). The highest BCUT2D eigenvalue weighted by Gasteiger charge is 1.93. The molecule has 0 fully saturated rings. The first-order valence-corrected chi connectivity index (χ1v) is 1.81. The molecule has 0 unspecified atom stereocenters. The Morgan fingerprint density at radius 1 is 1.00 bits per heavy atom. The molecule has 0 N–H and O–H groups in total. The van der Waals surface area contributed by atoms with Crippen LogP contribution in [0.25, 0.3) is 0 Å². The molecule has 0 aromatic rings. The number of nitrogens with zero attached hydrogens (tertiary/aromatic N) is 2. The van der Waals surface area contributed by atoms with Crippen molar-refractivity contribution in [3.63, 3.8) is 0 Å². The average Bonchev–Trinajstić information content (AvgIpc) is 1.54. The first kappa shape index (κ1) is 2.29. The lowest BCUT2D eigenvalue weighted by atomic mass is 10.3. The van der Waals surface area contributed by atoms with Crippen LogP contribution in [0, 0.1) is 10.7 Å². The molecule has 1 aliphatic heterocycles. The van der Waals surface area contributed by atoms with Gasteiger partial charge in [-0.2, -0.15) is 0 Å². The molecule has 0 spiro atoms. The molecule has 6 heavy (non-hydrogen) atoms. The van der Waals surface area contributed by atoms with E-state index in [0.29, 0.717) is 0 Å². The van der Waals surface area contributed by atoms with E-state index in [9.17, 15) is 0 Å². The van der Waals surface area contributed by atoms with Crippen LogP contribution < -0.4 is 0 Å². The number of hydrogen-bond donors (Lipinski definition) is 0. The molecule has 28 valence electrons. The number of rotatable bonds is 0. The molecule has 0 aromatic carbocycles. The fraction of sp³-hybridized carbons (Fsp3) is 0. The number of hydrogen-bond acceptors (Lipinski definition) is 2. The van der Waals surface area contributed by atoms with Crippen LogP contribution in [-0.4, -0.2) is 10.2 Å². The van der Waals surface area contributed by atoms with E-state index in [2.05, 4.69) is 10.2 Å². The molecular formula is C4H2N2.